The Bertz CT molecular complexity index is 882. The second-order valence-corrected chi connectivity index (χ2v) is 7.08. The van der Waals surface area contributed by atoms with Crippen LogP contribution in [0.5, 0.6) is 5.75 Å². The molecule has 3 rings (SSSR count). The van der Waals surface area contributed by atoms with Gasteiger partial charge in [0.2, 0.25) is 5.91 Å². The van der Waals surface area contributed by atoms with Crippen molar-refractivity contribution >= 4 is 34.9 Å². The summed E-state index contributed by atoms with van der Waals surface area (Å²) in [5, 5.41) is 3.15. The summed E-state index contributed by atoms with van der Waals surface area (Å²) in [5.41, 5.74) is 1.79. The second-order valence-electron chi connectivity index (χ2n) is 6.67. The molecular formula is C21H24ClN3O4. The molecule has 0 saturated carbocycles. The lowest BCUT2D eigenvalue weighted by atomic mass is 10.2. The summed E-state index contributed by atoms with van der Waals surface area (Å²) in [6.07, 6.45) is 0. The molecule has 1 heterocycles. The van der Waals surface area contributed by atoms with Gasteiger partial charge in [0.15, 0.2) is 0 Å². The van der Waals surface area contributed by atoms with Crippen molar-refractivity contribution in [1.29, 1.82) is 0 Å². The summed E-state index contributed by atoms with van der Waals surface area (Å²) in [6, 6.07) is 12.6. The first-order valence-corrected chi connectivity index (χ1v) is 9.67. The summed E-state index contributed by atoms with van der Waals surface area (Å²) in [6.45, 7) is 3.35. The quantitative estimate of drug-likeness (QED) is 0.729. The fraction of sp³-hybridized carbons (Fsp3) is 0.333. The standard InChI is InChI=1S/C21H24ClN3O4/c1-28-19-6-4-3-5-18(19)25-11-9-24(10-12-25)14-20(26)23-17-13-15(21(27)29-2)7-8-16(17)22/h3-8,13H,9-12,14H2,1-2H3,(H,23,26). The minimum absolute atomic E-state index is 0.181. The Labute approximate surface area is 175 Å². The predicted octanol–water partition coefficient (Wildman–Crippen LogP) is 2.90. The number of nitrogens with zero attached hydrogens (tertiary/aromatic N) is 2. The number of methoxy groups -OCH3 is 2. The van der Waals surface area contributed by atoms with Gasteiger partial charge in [-0.2, -0.15) is 0 Å². The molecule has 0 radical (unpaired) electrons. The molecule has 0 unspecified atom stereocenters. The molecular weight excluding hydrogens is 394 g/mol. The van der Waals surface area contributed by atoms with Crippen LogP contribution in [-0.4, -0.2) is 63.7 Å². The number of hydrogen-bond acceptors (Lipinski definition) is 6. The third-order valence-corrected chi connectivity index (χ3v) is 5.16. The minimum atomic E-state index is -0.482. The van der Waals surface area contributed by atoms with Crippen molar-refractivity contribution in [2.45, 2.75) is 0 Å². The molecule has 154 valence electrons. The Morgan fingerprint density at radius 2 is 1.79 bits per heavy atom. The van der Waals surface area contributed by atoms with E-state index >= 15 is 0 Å². The Morgan fingerprint density at radius 3 is 2.48 bits per heavy atom. The van der Waals surface area contributed by atoms with Gasteiger partial charge in [-0.25, -0.2) is 4.79 Å². The van der Waals surface area contributed by atoms with Gasteiger partial charge in [-0.05, 0) is 30.3 Å². The predicted molar refractivity (Wildman–Crippen MR) is 113 cm³/mol. The minimum Gasteiger partial charge on any atom is -0.495 e. The Balaban J connectivity index is 1.56. The highest BCUT2D eigenvalue weighted by atomic mass is 35.5. The number of esters is 1. The fourth-order valence-corrected chi connectivity index (χ4v) is 3.46. The lowest BCUT2D eigenvalue weighted by Crippen LogP contribution is -2.48. The highest BCUT2D eigenvalue weighted by Gasteiger charge is 2.21. The van der Waals surface area contributed by atoms with Crippen LogP contribution in [0.25, 0.3) is 0 Å². The first-order valence-electron chi connectivity index (χ1n) is 9.30. The average molecular weight is 418 g/mol. The Hall–Kier alpha value is -2.77. The summed E-state index contributed by atoms with van der Waals surface area (Å²) in [5.74, 6) is 0.183. The van der Waals surface area contributed by atoms with Crippen LogP contribution in [0.3, 0.4) is 0 Å². The van der Waals surface area contributed by atoms with Gasteiger partial charge in [-0.1, -0.05) is 23.7 Å². The van der Waals surface area contributed by atoms with Gasteiger partial charge in [0, 0.05) is 26.2 Å². The summed E-state index contributed by atoms with van der Waals surface area (Å²) >= 11 is 6.15. The van der Waals surface area contributed by atoms with Crippen molar-refractivity contribution < 1.29 is 19.1 Å². The van der Waals surface area contributed by atoms with Crippen LogP contribution in [0.15, 0.2) is 42.5 Å². The van der Waals surface area contributed by atoms with Crippen molar-refractivity contribution in [3.8, 4) is 5.75 Å². The average Bonchev–Trinajstić information content (AvgIpc) is 2.75. The molecule has 7 nitrogen and oxygen atoms in total. The third kappa shape index (κ3) is 5.19. The van der Waals surface area contributed by atoms with Crippen molar-refractivity contribution in [2.75, 3.05) is 57.2 Å². The number of piperazine rings is 1. The number of benzene rings is 2. The zero-order valence-corrected chi connectivity index (χ0v) is 17.2. The number of anilines is 2. The maximum Gasteiger partial charge on any atom is 0.337 e. The largest absolute Gasteiger partial charge is 0.495 e. The molecule has 8 heteroatoms. The highest BCUT2D eigenvalue weighted by Crippen LogP contribution is 2.28. The second kappa shape index (κ2) is 9.62. The van der Waals surface area contributed by atoms with Crippen LogP contribution in [0, 0.1) is 0 Å². The van der Waals surface area contributed by atoms with Crippen molar-refractivity contribution in [2.24, 2.45) is 0 Å². The van der Waals surface area contributed by atoms with Crippen molar-refractivity contribution in [3.63, 3.8) is 0 Å². The number of para-hydroxylation sites is 2. The molecule has 1 amide bonds. The van der Waals surface area contributed by atoms with Crippen molar-refractivity contribution in [3.05, 3.63) is 53.1 Å². The number of carbonyl (C=O) groups is 2. The Kier molecular flexibility index (Phi) is 6.95. The molecule has 1 fully saturated rings. The molecule has 0 spiro atoms. The van der Waals surface area contributed by atoms with E-state index in [1.54, 1.807) is 19.2 Å². The number of carbonyl (C=O) groups excluding carboxylic acids is 2. The maximum atomic E-state index is 12.5. The van der Waals surface area contributed by atoms with Gasteiger partial charge in [-0.15, -0.1) is 0 Å². The van der Waals surface area contributed by atoms with E-state index < -0.39 is 5.97 Å². The van der Waals surface area contributed by atoms with Gasteiger partial charge in [0.1, 0.15) is 5.75 Å². The molecule has 0 atom stereocenters. The number of ether oxygens (including phenoxy) is 2. The number of hydrogen-bond donors (Lipinski definition) is 1. The van der Waals surface area contributed by atoms with Gasteiger partial charge >= 0.3 is 5.97 Å². The summed E-state index contributed by atoms with van der Waals surface area (Å²) in [7, 11) is 2.97. The summed E-state index contributed by atoms with van der Waals surface area (Å²) in [4.78, 5) is 28.5. The SMILES string of the molecule is COC(=O)c1ccc(Cl)c(NC(=O)CN2CCN(c3ccccc3OC)CC2)c1. The van der Waals surface area contributed by atoms with E-state index in [1.807, 2.05) is 24.3 Å². The molecule has 1 aliphatic heterocycles. The maximum absolute atomic E-state index is 12.5. The number of amides is 1. The van der Waals surface area contributed by atoms with Crippen LogP contribution < -0.4 is 15.0 Å². The Morgan fingerprint density at radius 1 is 1.07 bits per heavy atom. The van der Waals surface area contributed by atoms with E-state index in [0.29, 0.717) is 16.3 Å². The molecule has 0 bridgehead atoms. The van der Waals surface area contributed by atoms with Gasteiger partial charge < -0.3 is 19.7 Å². The lowest BCUT2D eigenvalue weighted by Gasteiger charge is -2.36. The normalized spacial score (nSPS) is 14.4. The van der Waals surface area contributed by atoms with E-state index in [1.165, 1.54) is 13.2 Å². The molecule has 1 saturated heterocycles. The van der Waals surface area contributed by atoms with Gasteiger partial charge in [0.25, 0.3) is 0 Å². The topological polar surface area (TPSA) is 71.1 Å². The number of nitrogens with one attached hydrogen (secondary N) is 1. The van der Waals surface area contributed by atoms with Gasteiger partial charge in [-0.3, -0.25) is 9.69 Å². The van der Waals surface area contributed by atoms with Crippen LogP contribution in [0.1, 0.15) is 10.4 Å². The molecule has 1 aliphatic rings. The van der Waals surface area contributed by atoms with E-state index in [2.05, 4.69) is 15.1 Å². The first-order chi connectivity index (χ1) is 14.0. The molecule has 0 aromatic heterocycles. The molecule has 29 heavy (non-hydrogen) atoms. The zero-order chi connectivity index (χ0) is 20.8. The fourth-order valence-electron chi connectivity index (χ4n) is 3.30. The van der Waals surface area contributed by atoms with Crippen LogP contribution >= 0.6 is 11.6 Å². The van der Waals surface area contributed by atoms with Crippen LogP contribution in [0.4, 0.5) is 11.4 Å². The molecule has 0 aliphatic carbocycles. The lowest BCUT2D eigenvalue weighted by molar-refractivity contribution is -0.117. The van der Waals surface area contributed by atoms with Gasteiger partial charge in [0.05, 0.1) is 42.7 Å². The molecule has 1 N–H and O–H groups in total. The highest BCUT2D eigenvalue weighted by molar-refractivity contribution is 6.33. The monoisotopic (exact) mass is 417 g/mol. The van der Waals surface area contributed by atoms with E-state index in [4.69, 9.17) is 21.1 Å². The van der Waals surface area contributed by atoms with E-state index in [0.717, 1.165) is 37.6 Å². The zero-order valence-electron chi connectivity index (χ0n) is 16.5. The number of halogens is 1. The summed E-state index contributed by atoms with van der Waals surface area (Å²) < 4.78 is 10.1. The third-order valence-electron chi connectivity index (χ3n) is 4.83. The first kappa shape index (κ1) is 21.0. The number of rotatable bonds is 6. The smallest absolute Gasteiger partial charge is 0.337 e. The van der Waals surface area contributed by atoms with Crippen molar-refractivity contribution in [1.82, 2.24) is 4.90 Å². The van der Waals surface area contributed by atoms with Crippen LogP contribution in [-0.2, 0) is 9.53 Å². The van der Waals surface area contributed by atoms with E-state index in [-0.39, 0.29) is 12.5 Å². The molecule has 2 aromatic rings. The molecule has 2 aromatic carbocycles. The van der Waals surface area contributed by atoms with Crippen LogP contribution in [0.2, 0.25) is 5.02 Å². The van der Waals surface area contributed by atoms with E-state index in [9.17, 15) is 9.59 Å².